The Labute approximate surface area is 174 Å². The molecule has 2 aromatic carbocycles. The largest absolute Gasteiger partial charge is 0.486 e. The number of halogens is 5. The van der Waals surface area contributed by atoms with Crippen LogP contribution in [0.25, 0.3) is 0 Å². The Balaban J connectivity index is 1.78. The van der Waals surface area contributed by atoms with Crippen LogP contribution in [0.2, 0.25) is 5.02 Å². The molecular formula is C19H13ClF4N2O3S. The van der Waals surface area contributed by atoms with E-state index in [2.05, 4.69) is 9.71 Å². The Morgan fingerprint density at radius 2 is 1.83 bits per heavy atom. The molecule has 0 spiro atoms. The maximum atomic E-state index is 13.4. The number of ether oxygens (including phenoxy) is 1. The van der Waals surface area contributed by atoms with Crippen LogP contribution in [-0.2, 0) is 22.8 Å². The van der Waals surface area contributed by atoms with Crippen LogP contribution in [0.4, 0.5) is 23.2 Å². The van der Waals surface area contributed by atoms with Gasteiger partial charge in [0.05, 0.1) is 26.9 Å². The van der Waals surface area contributed by atoms with Crippen molar-refractivity contribution in [2.75, 3.05) is 4.72 Å². The summed E-state index contributed by atoms with van der Waals surface area (Å²) in [5, 5.41) is 0.0706. The summed E-state index contributed by atoms with van der Waals surface area (Å²) in [4.78, 5) is 3.34. The summed E-state index contributed by atoms with van der Waals surface area (Å²) >= 11 is 6.10. The molecule has 30 heavy (non-hydrogen) atoms. The van der Waals surface area contributed by atoms with Gasteiger partial charge in [0.15, 0.2) is 0 Å². The average Bonchev–Trinajstić information content (AvgIpc) is 2.67. The Morgan fingerprint density at radius 1 is 1.07 bits per heavy atom. The molecule has 0 amide bonds. The van der Waals surface area contributed by atoms with E-state index in [1.165, 1.54) is 18.2 Å². The number of nitrogens with zero attached hydrogens (tertiary/aromatic N) is 1. The number of nitrogens with one attached hydrogen (secondary N) is 1. The number of sulfonamides is 1. The molecule has 1 N–H and O–H groups in total. The van der Waals surface area contributed by atoms with Crippen LogP contribution < -0.4 is 9.46 Å². The molecule has 0 aliphatic heterocycles. The van der Waals surface area contributed by atoms with Crippen LogP contribution in [-0.4, -0.2) is 13.4 Å². The predicted octanol–water partition coefficient (Wildman–Crippen LogP) is 5.27. The summed E-state index contributed by atoms with van der Waals surface area (Å²) in [6, 6.07) is 10.6. The topological polar surface area (TPSA) is 68.3 Å². The van der Waals surface area contributed by atoms with E-state index in [0.717, 1.165) is 6.07 Å². The second-order valence-corrected chi connectivity index (χ2v) is 8.09. The van der Waals surface area contributed by atoms with Crippen molar-refractivity contribution < 1.29 is 30.7 Å². The van der Waals surface area contributed by atoms with Gasteiger partial charge in [-0.15, -0.1) is 0 Å². The molecule has 0 atom stereocenters. The molecule has 0 saturated heterocycles. The van der Waals surface area contributed by atoms with Gasteiger partial charge in [-0.2, -0.15) is 13.2 Å². The first kappa shape index (κ1) is 21.8. The van der Waals surface area contributed by atoms with E-state index in [9.17, 15) is 26.0 Å². The molecule has 1 heterocycles. The van der Waals surface area contributed by atoms with Gasteiger partial charge in [0, 0.05) is 6.20 Å². The Morgan fingerprint density at radius 3 is 2.47 bits per heavy atom. The molecule has 5 nitrogen and oxygen atoms in total. The maximum Gasteiger partial charge on any atom is 0.419 e. The van der Waals surface area contributed by atoms with Gasteiger partial charge in [0.2, 0.25) is 0 Å². The van der Waals surface area contributed by atoms with Crippen molar-refractivity contribution in [2.24, 2.45) is 0 Å². The van der Waals surface area contributed by atoms with E-state index in [1.54, 1.807) is 24.4 Å². The highest BCUT2D eigenvalue weighted by atomic mass is 35.5. The van der Waals surface area contributed by atoms with Gasteiger partial charge in [-0.05, 0) is 48.5 Å². The fraction of sp³-hybridized carbons (Fsp3) is 0.105. The number of alkyl halides is 3. The summed E-state index contributed by atoms with van der Waals surface area (Å²) in [6.45, 7) is 0.126. The normalized spacial score (nSPS) is 11.9. The van der Waals surface area contributed by atoms with Gasteiger partial charge in [-0.25, -0.2) is 12.8 Å². The van der Waals surface area contributed by atoms with E-state index in [0.29, 0.717) is 11.8 Å². The average molecular weight is 461 g/mol. The summed E-state index contributed by atoms with van der Waals surface area (Å²) in [7, 11) is -4.42. The number of benzene rings is 2. The molecule has 11 heteroatoms. The molecule has 0 fully saturated rings. The third kappa shape index (κ3) is 5.19. The van der Waals surface area contributed by atoms with Gasteiger partial charge >= 0.3 is 6.18 Å². The summed E-state index contributed by atoms with van der Waals surface area (Å²) in [6.07, 6.45) is -3.44. The van der Waals surface area contributed by atoms with E-state index in [1.807, 2.05) is 0 Å². The maximum absolute atomic E-state index is 13.4. The van der Waals surface area contributed by atoms with Crippen molar-refractivity contribution >= 4 is 27.3 Å². The minimum absolute atomic E-state index is 0.0110. The van der Waals surface area contributed by atoms with Crippen molar-refractivity contribution in [3.8, 4) is 5.75 Å². The van der Waals surface area contributed by atoms with Crippen molar-refractivity contribution in [3.63, 3.8) is 0 Å². The zero-order valence-corrected chi connectivity index (χ0v) is 16.5. The molecule has 0 saturated carbocycles. The van der Waals surface area contributed by atoms with E-state index < -0.39 is 32.5 Å². The molecular weight excluding hydrogens is 448 g/mol. The highest BCUT2D eigenvalue weighted by Crippen LogP contribution is 2.34. The first-order valence-corrected chi connectivity index (χ1v) is 10.1. The molecule has 3 rings (SSSR count). The first-order valence-electron chi connectivity index (χ1n) is 8.28. The van der Waals surface area contributed by atoms with Gasteiger partial charge in [-0.3, -0.25) is 9.71 Å². The number of anilines is 1. The zero-order chi connectivity index (χ0) is 21.9. The molecule has 0 aliphatic rings. The minimum Gasteiger partial charge on any atom is -0.486 e. The van der Waals surface area contributed by atoms with Gasteiger partial charge in [-0.1, -0.05) is 17.7 Å². The van der Waals surface area contributed by atoms with E-state index in [4.69, 9.17) is 16.3 Å². The quantitative estimate of drug-likeness (QED) is 0.509. The first-order chi connectivity index (χ1) is 14.1. The lowest BCUT2D eigenvalue weighted by Crippen LogP contribution is -2.15. The lowest BCUT2D eigenvalue weighted by atomic mass is 10.2. The second kappa shape index (κ2) is 8.49. The standard InChI is InChI=1S/C19H13ClF4N2O3S/c20-16-9-12(4-7-18(16)29-11-13-3-1-2-8-25-13)26-30(27,28)14-5-6-17(21)15(10-14)19(22,23)24/h1-10,26H,11H2. The summed E-state index contributed by atoms with van der Waals surface area (Å²) in [5.74, 6) is -1.31. The van der Waals surface area contributed by atoms with Crippen molar-refractivity contribution in [3.05, 3.63) is 82.9 Å². The van der Waals surface area contributed by atoms with Crippen LogP contribution in [0, 0.1) is 5.82 Å². The van der Waals surface area contributed by atoms with Crippen LogP contribution in [0.15, 0.2) is 65.7 Å². The number of hydrogen-bond donors (Lipinski definition) is 1. The summed E-state index contributed by atoms with van der Waals surface area (Å²) < 4.78 is 84.4. The van der Waals surface area contributed by atoms with Gasteiger partial charge < -0.3 is 4.74 Å². The number of pyridine rings is 1. The minimum atomic E-state index is -5.04. The molecule has 1 aromatic heterocycles. The number of hydrogen-bond acceptors (Lipinski definition) is 4. The van der Waals surface area contributed by atoms with Gasteiger partial charge in [0.25, 0.3) is 10.0 Å². The Hall–Kier alpha value is -2.85. The van der Waals surface area contributed by atoms with Crippen molar-refractivity contribution in [1.82, 2.24) is 4.98 Å². The Kier molecular flexibility index (Phi) is 6.18. The van der Waals surface area contributed by atoms with Crippen LogP contribution in [0.5, 0.6) is 5.75 Å². The lowest BCUT2D eigenvalue weighted by molar-refractivity contribution is -0.140. The molecule has 0 radical (unpaired) electrons. The van der Waals surface area contributed by atoms with Crippen LogP contribution in [0.1, 0.15) is 11.3 Å². The van der Waals surface area contributed by atoms with Crippen LogP contribution >= 0.6 is 11.6 Å². The zero-order valence-electron chi connectivity index (χ0n) is 15.0. The van der Waals surface area contributed by atoms with E-state index >= 15 is 0 Å². The van der Waals surface area contributed by atoms with E-state index in [-0.39, 0.29) is 29.1 Å². The SMILES string of the molecule is O=S(=O)(Nc1ccc(OCc2ccccn2)c(Cl)c1)c1ccc(F)c(C(F)(F)F)c1. The highest BCUT2D eigenvalue weighted by Gasteiger charge is 2.35. The van der Waals surface area contributed by atoms with Crippen molar-refractivity contribution in [2.45, 2.75) is 17.7 Å². The molecule has 0 aliphatic carbocycles. The lowest BCUT2D eigenvalue weighted by Gasteiger charge is -2.13. The van der Waals surface area contributed by atoms with Crippen LogP contribution in [0.3, 0.4) is 0 Å². The Bertz CT molecular complexity index is 1160. The predicted molar refractivity (Wildman–Crippen MR) is 102 cm³/mol. The number of aromatic nitrogens is 1. The summed E-state index contributed by atoms with van der Waals surface area (Å²) in [5.41, 5.74) is -1.04. The monoisotopic (exact) mass is 460 g/mol. The molecule has 0 unspecified atom stereocenters. The third-order valence-corrected chi connectivity index (χ3v) is 5.51. The third-order valence-electron chi connectivity index (χ3n) is 3.84. The molecule has 0 bridgehead atoms. The second-order valence-electron chi connectivity index (χ2n) is 6.00. The van der Waals surface area contributed by atoms with Gasteiger partial charge in [0.1, 0.15) is 18.2 Å². The number of rotatable bonds is 6. The fourth-order valence-corrected chi connectivity index (χ4v) is 3.73. The highest BCUT2D eigenvalue weighted by molar-refractivity contribution is 7.92. The molecule has 3 aromatic rings. The molecule has 158 valence electrons. The van der Waals surface area contributed by atoms with Crippen molar-refractivity contribution in [1.29, 1.82) is 0 Å². The smallest absolute Gasteiger partial charge is 0.419 e. The fourth-order valence-electron chi connectivity index (χ4n) is 2.42.